The lowest BCUT2D eigenvalue weighted by Gasteiger charge is -2.09. The van der Waals surface area contributed by atoms with Gasteiger partial charge >= 0.3 is 0 Å². The largest absolute Gasteiger partial charge is 0.355 e. The second-order valence-electron chi connectivity index (χ2n) is 4.67. The lowest BCUT2D eigenvalue weighted by atomic mass is 10.0. The van der Waals surface area contributed by atoms with Crippen LogP contribution in [0.3, 0.4) is 0 Å². The Balaban J connectivity index is 2.13. The molecular formula is C16H17FN2O2. The number of halogens is 1. The molecule has 110 valence electrons. The van der Waals surface area contributed by atoms with Gasteiger partial charge in [0.25, 0.3) is 5.91 Å². The molecule has 21 heavy (non-hydrogen) atoms. The molecule has 5 heteroatoms. The molecule has 4 nitrogen and oxygen atoms in total. The highest BCUT2D eigenvalue weighted by atomic mass is 19.1. The van der Waals surface area contributed by atoms with Gasteiger partial charge in [-0.2, -0.15) is 0 Å². The third-order valence-corrected chi connectivity index (χ3v) is 3.10. The van der Waals surface area contributed by atoms with Crippen LogP contribution in [0.5, 0.6) is 0 Å². The Kier molecular flexibility index (Phi) is 4.87. The first-order valence-electron chi connectivity index (χ1n) is 6.85. The Morgan fingerprint density at radius 1 is 1.05 bits per heavy atom. The van der Waals surface area contributed by atoms with E-state index in [1.807, 2.05) is 6.92 Å². The highest BCUT2D eigenvalue weighted by Gasteiger charge is 2.13. The van der Waals surface area contributed by atoms with Gasteiger partial charge in [0.15, 0.2) is 0 Å². The van der Waals surface area contributed by atoms with Crippen LogP contribution in [-0.4, -0.2) is 24.9 Å². The van der Waals surface area contributed by atoms with E-state index in [1.165, 1.54) is 12.1 Å². The van der Waals surface area contributed by atoms with Crippen LogP contribution in [-0.2, 0) is 4.79 Å². The van der Waals surface area contributed by atoms with E-state index in [0.717, 1.165) is 6.42 Å². The quantitative estimate of drug-likeness (QED) is 0.886. The summed E-state index contributed by atoms with van der Waals surface area (Å²) in [5.41, 5.74) is 0.357. The standard InChI is InChI=1S/C16H17FN2O2/c1-2-9-18-15(20)10-19-16(21)13-7-8-14(17)12-6-4-3-5-11(12)13/h3-8H,2,9-10H2,1H3,(H,18,20)(H,19,21). The van der Waals surface area contributed by atoms with Crippen molar-refractivity contribution in [1.82, 2.24) is 10.6 Å². The van der Waals surface area contributed by atoms with Crippen LogP contribution < -0.4 is 10.6 Å². The van der Waals surface area contributed by atoms with Crippen molar-refractivity contribution >= 4 is 22.6 Å². The van der Waals surface area contributed by atoms with Crippen molar-refractivity contribution in [2.45, 2.75) is 13.3 Å². The normalized spacial score (nSPS) is 10.4. The molecule has 0 aliphatic carbocycles. The van der Waals surface area contributed by atoms with Crippen LogP contribution >= 0.6 is 0 Å². The predicted octanol–water partition coefficient (Wildman–Crippen LogP) is 2.23. The van der Waals surface area contributed by atoms with Crippen LogP contribution in [0, 0.1) is 5.82 Å². The van der Waals surface area contributed by atoms with Crippen LogP contribution in [0.15, 0.2) is 36.4 Å². The second-order valence-corrected chi connectivity index (χ2v) is 4.67. The minimum atomic E-state index is -0.391. The van der Waals surface area contributed by atoms with E-state index in [2.05, 4.69) is 10.6 Å². The number of nitrogens with one attached hydrogen (secondary N) is 2. The highest BCUT2D eigenvalue weighted by molar-refractivity contribution is 6.07. The Morgan fingerprint density at radius 3 is 2.48 bits per heavy atom. The summed E-state index contributed by atoms with van der Waals surface area (Å²) in [7, 11) is 0. The SMILES string of the molecule is CCCNC(=O)CNC(=O)c1ccc(F)c2ccccc12. The van der Waals surface area contributed by atoms with E-state index in [4.69, 9.17) is 0 Å². The number of carbonyl (C=O) groups excluding carboxylic acids is 2. The summed E-state index contributed by atoms with van der Waals surface area (Å²) in [5.74, 6) is -1.00. The molecule has 0 heterocycles. The van der Waals surface area contributed by atoms with E-state index in [1.54, 1.807) is 24.3 Å². The molecule has 2 amide bonds. The summed E-state index contributed by atoms with van der Waals surface area (Å²) in [6.07, 6.45) is 0.836. The fourth-order valence-electron chi connectivity index (χ4n) is 2.04. The van der Waals surface area contributed by atoms with Gasteiger partial charge in [-0.15, -0.1) is 0 Å². The summed E-state index contributed by atoms with van der Waals surface area (Å²) in [6.45, 7) is 2.43. The smallest absolute Gasteiger partial charge is 0.252 e. The van der Waals surface area contributed by atoms with Crippen molar-refractivity contribution in [2.24, 2.45) is 0 Å². The van der Waals surface area contributed by atoms with E-state index < -0.39 is 5.91 Å². The lowest BCUT2D eigenvalue weighted by Crippen LogP contribution is -2.37. The molecule has 0 unspecified atom stereocenters. The molecule has 0 radical (unpaired) electrons. The first-order chi connectivity index (χ1) is 10.1. The van der Waals surface area contributed by atoms with Crippen molar-refractivity contribution in [3.8, 4) is 0 Å². The fourth-order valence-corrected chi connectivity index (χ4v) is 2.04. The summed E-state index contributed by atoms with van der Waals surface area (Å²) >= 11 is 0. The van der Waals surface area contributed by atoms with E-state index >= 15 is 0 Å². The molecule has 0 saturated carbocycles. The molecule has 0 bridgehead atoms. The van der Waals surface area contributed by atoms with Gasteiger partial charge in [0.05, 0.1) is 6.54 Å². The van der Waals surface area contributed by atoms with Crippen molar-refractivity contribution in [1.29, 1.82) is 0 Å². The number of amides is 2. The summed E-state index contributed by atoms with van der Waals surface area (Å²) < 4.78 is 13.7. The van der Waals surface area contributed by atoms with Crippen LogP contribution in [0.4, 0.5) is 4.39 Å². The molecule has 0 saturated heterocycles. The van der Waals surface area contributed by atoms with Crippen molar-refractivity contribution in [3.05, 3.63) is 47.8 Å². The Hall–Kier alpha value is -2.43. The fraction of sp³-hybridized carbons (Fsp3) is 0.250. The van der Waals surface area contributed by atoms with Crippen LogP contribution in [0.2, 0.25) is 0 Å². The summed E-state index contributed by atoms with van der Waals surface area (Å²) in [4.78, 5) is 23.6. The van der Waals surface area contributed by atoms with Gasteiger partial charge in [-0.3, -0.25) is 9.59 Å². The minimum Gasteiger partial charge on any atom is -0.355 e. The number of benzene rings is 2. The molecule has 0 aliphatic heterocycles. The van der Waals surface area contributed by atoms with Gasteiger partial charge in [-0.05, 0) is 23.9 Å². The molecule has 0 aliphatic rings. The molecule has 2 rings (SSSR count). The number of carbonyl (C=O) groups is 2. The topological polar surface area (TPSA) is 58.2 Å². The first-order valence-corrected chi connectivity index (χ1v) is 6.85. The van der Waals surface area contributed by atoms with Crippen LogP contribution in [0.1, 0.15) is 23.7 Å². The molecular weight excluding hydrogens is 271 g/mol. The highest BCUT2D eigenvalue weighted by Crippen LogP contribution is 2.21. The molecule has 2 N–H and O–H groups in total. The zero-order chi connectivity index (χ0) is 15.2. The second kappa shape index (κ2) is 6.83. The van der Waals surface area contributed by atoms with Gasteiger partial charge in [-0.25, -0.2) is 4.39 Å². The first kappa shape index (κ1) is 15.0. The third-order valence-electron chi connectivity index (χ3n) is 3.10. The van der Waals surface area contributed by atoms with Crippen molar-refractivity contribution < 1.29 is 14.0 Å². The molecule has 2 aromatic carbocycles. The maximum atomic E-state index is 13.7. The minimum absolute atomic E-state index is 0.0927. The lowest BCUT2D eigenvalue weighted by molar-refractivity contribution is -0.120. The van der Waals surface area contributed by atoms with E-state index in [0.29, 0.717) is 22.9 Å². The molecule has 0 spiro atoms. The average Bonchev–Trinajstić information content (AvgIpc) is 2.51. The molecule has 0 fully saturated rings. The van der Waals surface area contributed by atoms with E-state index in [9.17, 15) is 14.0 Å². The summed E-state index contributed by atoms with van der Waals surface area (Å²) in [5, 5.41) is 6.14. The number of rotatable bonds is 5. The monoisotopic (exact) mass is 288 g/mol. The summed E-state index contributed by atoms with van der Waals surface area (Å²) in [6, 6.07) is 9.45. The average molecular weight is 288 g/mol. The van der Waals surface area contributed by atoms with Crippen LogP contribution in [0.25, 0.3) is 10.8 Å². The molecule has 0 atom stereocenters. The number of hydrogen-bond acceptors (Lipinski definition) is 2. The number of fused-ring (bicyclic) bond motifs is 1. The molecule has 2 aromatic rings. The maximum Gasteiger partial charge on any atom is 0.252 e. The third kappa shape index (κ3) is 3.56. The zero-order valence-corrected chi connectivity index (χ0v) is 11.8. The Labute approximate surface area is 122 Å². The van der Waals surface area contributed by atoms with Gasteiger partial charge < -0.3 is 10.6 Å². The van der Waals surface area contributed by atoms with Gasteiger partial charge in [-0.1, -0.05) is 31.2 Å². The van der Waals surface area contributed by atoms with Gasteiger partial charge in [0, 0.05) is 17.5 Å². The van der Waals surface area contributed by atoms with Crippen molar-refractivity contribution in [3.63, 3.8) is 0 Å². The maximum absolute atomic E-state index is 13.7. The van der Waals surface area contributed by atoms with Crippen molar-refractivity contribution in [2.75, 3.05) is 13.1 Å². The zero-order valence-electron chi connectivity index (χ0n) is 11.8. The van der Waals surface area contributed by atoms with Gasteiger partial charge in [0.2, 0.25) is 5.91 Å². The number of hydrogen-bond donors (Lipinski definition) is 2. The van der Waals surface area contributed by atoms with Gasteiger partial charge in [0.1, 0.15) is 5.82 Å². The predicted molar refractivity (Wildman–Crippen MR) is 79.5 cm³/mol. The molecule has 0 aromatic heterocycles. The Morgan fingerprint density at radius 2 is 1.76 bits per heavy atom. The van der Waals surface area contributed by atoms with E-state index in [-0.39, 0.29) is 18.3 Å². The Bertz CT molecular complexity index is 670.